The third-order valence-electron chi connectivity index (χ3n) is 2.32. The van der Waals surface area contributed by atoms with Crippen molar-refractivity contribution >= 4 is 22.6 Å². The SMILES string of the molecule is CCCCOC(/C=C/I)C(F)(F)CCCC. The fourth-order valence-corrected chi connectivity index (χ4v) is 1.67. The Hall–Kier alpha value is 0.290. The van der Waals surface area contributed by atoms with Crippen molar-refractivity contribution in [1.29, 1.82) is 0 Å². The average Bonchev–Trinajstić information content (AvgIpc) is 2.25. The zero-order chi connectivity index (χ0) is 12.4. The molecular weight excluding hydrogens is 325 g/mol. The first kappa shape index (κ1) is 16.3. The quantitative estimate of drug-likeness (QED) is 0.424. The van der Waals surface area contributed by atoms with Gasteiger partial charge in [-0.1, -0.05) is 49.3 Å². The van der Waals surface area contributed by atoms with E-state index in [0.29, 0.717) is 13.0 Å². The maximum Gasteiger partial charge on any atom is 0.277 e. The molecule has 1 unspecified atom stereocenters. The van der Waals surface area contributed by atoms with Crippen molar-refractivity contribution in [2.75, 3.05) is 6.61 Å². The minimum Gasteiger partial charge on any atom is -0.368 e. The molecule has 0 aliphatic rings. The Morgan fingerprint density at radius 1 is 1.25 bits per heavy atom. The van der Waals surface area contributed by atoms with Crippen molar-refractivity contribution < 1.29 is 13.5 Å². The molecule has 0 N–H and O–H groups in total. The van der Waals surface area contributed by atoms with Crippen LogP contribution in [0.2, 0.25) is 0 Å². The molecule has 0 heterocycles. The molecule has 1 atom stereocenters. The third-order valence-corrected chi connectivity index (χ3v) is 2.74. The number of hydrogen-bond donors (Lipinski definition) is 0. The summed E-state index contributed by atoms with van der Waals surface area (Å²) >= 11 is 1.95. The van der Waals surface area contributed by atoms with Crippen molar-refractivity contribution in [2.24, 2.45) is 0 Å². The van der Waals surface area contributed by atoms with Crippen LogP contribution in [0.15, 0.2) is 10.2 Å². The molecule has 0 spiro atoms. The summed E-state index contributed by atoms with van der Waals surface area (Å²) in [5.74, 6) is -2.74. The summed E-state index contributed by atoms with van der Waals surface area (Å²) in [5.41, 5.74) is 0. The van der Waals surface area contributed by atoms with Crippen molar-refractivity contribution in [3.8, 4) is 0 Å². The van der Waals surface area contributed by atoms with Gasteiger partial charge in [0.2, 0.25) is 0 Å². The molecule has 0 radical (unpaired) electrons. The molecule has 0 saturated carbocycles. The van der Waals surface area contributed by atoms with Crippen LogP contribution in [0.25, 0.3) is 0 Å². The Bertz CT molecular complexity index is 195. The van der Waals surface area contributed by atoms with Crippen LogP contribution in [-0.4, -0.2) is 18.6 Å². The fraction of sp³-hybridized carbons (Fsp3) is 0.833. The Labute approximate surface area is 111 Å². The molecule has 0 aromatic carbocycles. The van der Waals surface area contributed by atoms with Gasteiger partial charge in [-0.15, -0.1) is 0 Å². The van der Waals surface area contributed by atoms with Gasteiger partial charge < -0.3 is 4.74 Å². The van der Waals surface area contributed by atoms with E-state index in [0.717, 1.165) is 19.3 Å². The zero-order valence-electron chi connectivity index (χ0n) is 10.0. The minimum absolute atomic E-state index is 0.0960. The van der Waals surface area contributed by atoms with E-state index in [-0.39, 0.29) is 6.42 Å². The van der Waals surface area contributed by atoms with E-state index in [1.54, 1.807) is 4.08 Å². The largest absolute Gasteiger partial charge is 0.368 e. The molecule has 4 heteroatoms. The lowest BCUT2D eigenvalue weighted by Crippen LogP contribution is -2.34. The molecule has 0 fully saturated rings. The molecule has 0 aliphatic heterocycles. The number of unbranched alkanes of at least 4 members (excludes halogenated alkanes) is 2. The van der Waals surface area contributed by atoms with Gasteiger partial charge in [0.1, 0.15) is 6.10 Å². The van der Waals surface area contributed by atoms with E-state index in [4.69, 9.17) is 4.74 Å². The lowest BCUT2D eigenvalue weighted by molar-refractivity contribution is -0.121. The summed E-state index contributed by atoms with van der Waals surface area (Å²) in [7, 11) is 0. The van der Waals surface area contributed by atoms with Crippen molar-refractivity contribution in [3.05, 3.63) is 10.2 Å². The lowest BCUT2D eigenvalue weighted by atomic mass is 10.1. The highest BCUT2D eigenvalue weighted by Crippen LogP contribution is 2.29. The van der Waals surface area contributed by atoms with E-state index >= 15 is 0 Å². The summed E-state index contributed by atoms with van der Waals surface area (Å²) in [6, 6.07) is 0. The number of rotatable bonds is 9. The van der Waals surface area contributed by atoms with Crippen LogP contribution in [0.3, 0.4) is 0 Å². The number of ether oxygens (including phenoxy) is 1. The summed E-state index contributed by atoms with van der Waals surface area (Å²) < 4.78 is 34.3. The predicted molar refractivity (Wildman–Crippen MR) is 72.3 cm³/mol. The Kier molecular flexibility index (Phi) is 9.50. The van der Waals surface area contributed by atoms with Crippen molar-refractivity contribution in [1.82, 2.24) is 0 Å². The molecule has 0 bridgehead atoms. The van der Waals surface area contributed by atoms with Crippen LogP contribution < -0.4 is 0 Å². The number of hydrogen-bond acceptors (Lipinski definition) is 1. The summed E-state index contributed by atoms with van der Waals surface area (Å²) in [4.78, 5) is 0. The van der Waals surface area contributed by atoms with Crippen LogP contribution in [0.4, 0.5) is 8.78 Å². The Morgan fingerprint density at radius 3 is 2.38 bits per heavy atom. The normalized spacial score (nSPS) is 14.6. The topological polar surface area (TPSA) is 9.23 Å². The second-order valence-electron chi connectivity index (χ2n) is 3.83. The van der Waals surface area contributed by atoms with Gasteiger partial charge >= 0.3 is 0 Å². The first-order chi connectivity index (χ1) is 7.58. The van der Waals surface area contributed by atoms with Gasteiger partial charge in [-0.2, -0.15) is 0 Å². The zero-order valence-corrected chi connectivity index (χ0v) is 12.2. The van der Waals surface area contributed by atoms with Gasteiger partial charge in [-0.05, 0) is 23.0 Å². The van der Waals surface area contributed by atoms with E-state index in [1.165, 1.54) is 6.08 Å². The Balaban J connectivity index is 4.25. The van der Waals surface area contributed by atoms with Gasteiger partial charge in [0, 0.05) is 13.0 Å². The summed E-state index contributed by atoms with van der Waals surface area (Å²) in [6.07, 6.45) is 3.40. The number of alkyl halides is 2. The monoisotopic (exact) mass is 346 g/mol. The maximum atomic E-state index is 13.7. The molecular formula is C12H21F2IO. The third kappa shape index (κ3) is 6.78. The van der Waals surface area contributed by atoms with E-state index in [1.807, 2.05) is 36.4 Å². The van der Waals surface area contributed by atoms with Crippen molar-refractivity contribution in [3.63, 3.8) is 0 Å². The van der Waals surface area contributed by atoms with Gasteiger partial charge in [-0.25, -0.2) is 8.78 Å². The highest BCUT2D eigenvalue weighted by molar-refractivity contribution is 14.1. The van der Waals surface area contributed by atoms with Gasteiger partial charge in [0.15, 0.2) is 0 Å². The van der Waals surface area contributed by atoms with Gasteiger partial charge in [0.05, 0.1) is 0 Å². The molecule has 0 aromatic heterocycles. The second-order valence-corrected chi connectivity index (χ2v) is 4.55. The molecule has 0 aromatic rings. The fourth-order valence-electron chi connectivity index (χ4n) is 1.29. The number of halogens is 3. The van der Waals surface area contributed by atoms with E-state index in [9.17, 15) is 8.78 Å². The predicted octanol–water partition coefficient (Wildman–Crippen LogP) is 4.95. The first-order valence-corrected chi connectivity index (χ1v) is 7.09. The van der Waals surface area contributed by atoms with E-state index < -0.39 is 12.0 Å². The van der Waals surface area contributed by atoms with Crippen LogP contribution in [0, 0.1) is 0 Å². The van der Waals surface area contributed by atoms with E-state index in [2.05, 4.69) is 0 Å². The molecule has 0 amide bonds. The van der Waals surface area contributed by atoms with Crippen molar-refractivity contribution in [2.45, 2.75) is 58.0 Å². The lowest BCUT2D eigenvalue weighted by Gasteiger charge is -2.24. The molecule has 0 saturated heterocycles. The first-order valence-electron chi connectivity index (χ1n) is 5.84. The maximum absolute atomic E-state index is 13.7. The highest BCUT2D eigenvalue weighted by Gasteiger charge is 2.37. The molecule has 16 heavy (non-hydrogen) atoms. The molecule has 96 valence electrons. The van der Waals surface area contributed by atoms with Crippen LogP contribution in [0.1, 0.15) is 46.0 Å². The summed E-state index contributed by atoms with van der Waals surface area (Å²) in [5, 5.41) is 0. The smallest absolute Gasteiger partial charge is 0.277 e. The Morgan fingerprint density at radius 2 is 1.88 bits per heavy atom. The average molecular weight is 346 g/mol. The minimum atomic E-state index is -2.74. The molecule has 0 aliphatic carbocycles. The second kappa shape index (κ2) is 9.33. The molecule has 1 nitrogen and oxygen atoms in total. The van der Waals surface area contributed by atoms with Gasteiger partial charge in [-0.3, -0.25) is 0 Å². The van der Waals surface area contributed by atoms with Crippen LogP contribution >= 0.6 is 22.6 Å². The van der Waals surface area contributed by atoms with Gasteiger partial charge in [0.25, 0.3) is 5.92 Å². The standard InChI is InChI=1S/C12H21F2IO/c1-3-5-8-12(13,14)11(7-9-15)16-10-6-4-2/h7,9,11H,3-6,8,10H2,1-2H3/b9-7+. The molecule has 0 rings (SSSR count). The summed E-state index contributed by atoms with van der Waals surface area (Å²) in [6.45, 7) is 4.34. The van der Waals surface area contributed by atoms with Crippen LogP contribution in [0.5, 0.6) is 0 Å². The van der Waals surface area contributed by atoms with Crippen LogP contribution in [-0.2, 0) is 4.74 Å². The highest BCUT2D eigenvalue weighted by atomic mass is 127.